The van der Waals surface area contributed by atoms with Crippen LogP contribution in [0.25, 0.3) is 5.69 Å². The van der Waals surface area contributed by atoms with E-state index in [4.69, 9.17) is 9.47 Å². The first kappa shape index (κ1) is 25.3. The lowest BCUT2D eigenvalue weighted by molar-refractivity contribution is 0.0784. The largest absolute Gasteiger partial charge is 0.494 e. The Balaban J connectivity index is 1.81. The van der Waals surface area contributed by atoms with Gasteiger partial charge in [0.1, 0.15) is 23.0 Å². The van der Waals surface area contributed by atoms with Gasteiger partial charge in [-0.25, -0.2) is 0 Å². The molecule has 1 aromatic heterocycles. The molecule has 3 aromatic rings. The highest BCUT2D eigenvalue weighted by molar-refractivity contribution is 5.96. The van der Waals surface area contributed by atoms with E-state index in [1.165, 1.54) is 18.8 Å². The van der Waals surface area contributed by atoms with Gasteiger partial charge in [0.15, 0.2) is 5.56 Å². The summed E-state index contributed by atoms with van der Waals surface area (Å²) in [7, 11) is 3.03. The Morgan fingerprint density at radius 1 is 1.08 bits per heavy atom. The Labute approximate surface area is 211 Å². The maximum Gasteiger partial charge on any atom is 0.289 e. The summed E-state index contributed by atoms with van der Waals surface area (Å²) in [5, 5.41) is 11.5. The first-order valence-corrected chi connectivity index (χ1v) is 12.3. The van der Waals surface area contributed by atoms with Crippen LogP contribution in [0.1, 0.15) is 54.4 Å². The van der Waals surface area contributed by atoms with Crippen molar-refractivity contribution in [3.05, 3.63) is 75.8 Å². The highest BCUT2D eigenvalue weighted by atomic mass is 16.5. The van der Waals surface area contributed by atoms with E-state index >= 15 is 0 Å². The minimum absolute atomic E-state index is 0.173. The molecule has 2 aromatic carbocycles. The molecule has 4 rings (SSSR count). The normalized spacial score (nSPS) is 15.4. The van der Waals surface area contributed by atoms with Gasteiger partial charge in [-0.1, -0.05) is 50.2 Å². The van der Waals surface area contributed by atoms with Gasteiger partial charge in [-0.3, -0.25) is 14.2 Å². The number of aromatic hydroxyl groups is 1. The highest BCUT2D eigenvalue weighted by Crippen LogP contribution is 2.37. The molecule has 1 amide bonds. The minimum atomic E-state index is -0.732. The highest BCUT2D eigenvalue weighted by Gasteiger charge is 2.33. The lowest BCUT2D eigenvalue weighted by Gasteiger charge is -2.23. The maximum atomic E-state index is 13.6. The fourth-order valence-electron chi connectivity index (χ4n) is 4.71. The minimum Gasteiger partial charge on any atom is -0.494 e. The molecule has 0 spiro atoms. The number of amides is 1. The van der Waals surface area contributed by atoms with E-state index < -0.39 is 17.3 Å². The Morgan fingerprint density at radius 3 is 2.36 bits per heavy atom. The van der Waals surface area contributed by atoms with Crippen molar-refractivity contribution in [3.8, 4) is 23.1 Å². The van der Waals surface area contributed by atoms with E-state index in [1.54, 1.807) is 23.1 Å². The van der Waals surface area contributed by atoms with Crippen molar-refractivity contribution in [1.82, 2.24) is 14.5 Å². The second kappa shape index (κ2) is 10.8. The van der Waals surface area contributed by atoms with Crippen LogP contribution >= 0.6 is 0 Å². The first-order chi connectivity index (χ1) is 17.3. The summed E-state index contributed by atoms with van der Waals surface area (Å²) in [6.07, 6.45) is 1.95. The topological polar surface area (TPSA) is 93.9 Å². The van der Waals surface area contributed by atoms with Crippen molar-refractivity contribution < 1.29 is 19.4 Å². The van der Waals surface area contributed by atoms with Gasteiger partial charge in [-0.15, -0.1) is 0 Å². The van der Waals surface area contributed by atoms with Crippen LogP contribution in [0.4, 0.5) is 0 Å². The molecule has 1 fully saturated rings. The summed E-state index contributed by atoms with van der Waals surface area (Å²) < 4.78 is 12.5. The maximum absolute atomic E-state index is 13.6. The first-order valence-electron chi connectivity index (χ1n) is 12.3. The number of carbonyl (C=O) groups is 1. The second-order valence-electron chi connectivity index (χ2n) is 9.46. The number of hydrogen-bond donors (Lipinski definition) is 1. The van der Waals surface area contributed by atoms with Crippen LogP contribution in [0.15, 0.2) is 53.3 Å². The standard InChI is InChI=1S/C28H33N3O5/c1-18(2)13-14-23-29-26(32)24(27(33)30-16-15-20(17-30)19-9-6-5-7-10-19)28(34)31(23)25-21(35-3)11-8-12-22(25)36-4/h5-12,18,20,34H,13-17H2,1-4H3/t20-/m0/s1. The number of para-hydroxylation sites is 1. The number of methoxy groups -OCH3 is 2. The van der Waals surface area contributed by atoms with E-state index in [9.17, 15) is 14.7 Å². The average Bonchev–Trinajstić information content (AvgIpc) is 3.38. The molecule has 8 heteroatoms. The predicted molar refractivity (Wildman–Crippen MR) is 137 cm³/mol. The molecule has 0 bridgehead atoms. The lowest BCUT2D eigenvalue weighted by Crippen LogP contribution is -2.35. The molecule has 2 heterocycles. The number of ether oxygens (including phenoxy) is 2. The van der Waals surface area contributed by atoms with Crippen molar-refractivity contribution in [1.29, 1.82) is 0 Å². The third-order valence-corrected chi connectivity index (χ3v) is 6.67. The molecule has 8 nitrogen and oxygen atoms in total. The molecule has 0 aliphatic carbocycles. The fourth-order valence-corrected chi connectivity index (χ4v) is 4.71. The monoisotopic (exact) mass is 491 g/mol. The SMILES string of the molecule is COc1cccc(OC)c1-n1c(CCC(C)C)nc(=O)c(C(=O)N2CC[C@H](c3ccccc3)C2)c1O. The summed E-state index contributed by atoms with van der Waals surface area (Å²) >= 11 is 0. The molecule has 1 aliphatic heterocycles. The summed E-state index contributed by atoms with van der Waals surface area (Å²) in [5.41, 5.74) is 0.466. The van der Waals surface area contributed by atoms with Gasteiger partial charge < -0.3 is 19.5 Å². The third kappa shape index (κ3) is 4.94. The van der Waals surface area contributed by atoms with E-state index in [2.05, 4.69) is 18.8 Å². The predicted octanol–water partition coefficient (Wildman–Crippen LogP) is 4.17. The van der Waals surface area contributed by atoms with E-state index in [-0.39, 0.29) is 11.5 Å². The number of carbonyl (C=O) groups excluding carboxylic acids is 1. The second-order valence-corrected chi connectivity index (χ2v) is 9.46. The molecule has 1 aliphatic rings. The van der Waals surface area contributed by atoms with Crippen LogP contribution in [-0.4, -0.2) is 52.8 Å². The zero-order valence-corrected chi connectivity index (χ0v) is 21.2. The number of likely N-dealkylation sites (tertiary alicyclic amines) is 1. The van der Waals surface area contributed by atoms with Gasteiger partial charge in [-0.2, -0.15) is 4.98 Å². The molecule has 1 saturated heterocycles. The van der Waals surface area contributed by atoms with Crippen LogP contribution in [0, 0.1) is 5.92 Å². The smallest absolute Gasteiger partial charge is 0.289 e. The van der Waals surface area contributed by atoms with E-state index in [0.29, 0.717) is 48.4 Å². The van der Waals surface area contributed by atoms with Crippen LogP contribution in [0.2, 0.25) is 0 Å². The van der Waals surface area contributed by atoms with Gasteiger partial charge in [-0.05, 0) is 36.5 Å². The summed E-state index contributed by atoms with van der Waals surface area (Å²) in [6, 6.07) is 15.2. The van der Waals surface area contributed by atoms with Gasteiger partial charge in [0, 0.05) is 25.4 Å². The summed E-state index contributed by atoms with van der Waals surface area (Å²) in [6.45, 7) is 5.10. The van der Waals surface area contributed by atoms with Crippen molar-refractivity contribution in [2.24, 2.45) is 5.92 Å². The van der Waals surface area contributed by atoms with E-state index in [1.807, 2.05) is 30.3 Å². The van der Waals surface area contributed by atoms with Gasteiger partial charge in [0.2, 0.25) is 5.88 Å². The Bertz CT molecular complexity index is 1260. The number of nitrogens with zero attached hydrogens (tertiary/aromatic N) is 3. The molecule has 36 heavy (non-hydrogen) atoms. The third-order valence-electron chi connectivity index (χ3n) is 6.67. The number of rotatable bonds is 8. The summed E-state index contributed by atoms with van der Waals surface area (Å²) in [5.74, 6) is 0.722. The molecule has 0 saturated carbocycles. The molecule has 0 unspecified atom stereocenters. The zero-order valence-electron chi connectivity index (χ0n) is 21.2. The molecular weight excluding hydrogens is 458 g/mol. The average molecular weight is 492 g/mol. The fraction of sp³-hybridized carbons (Fsp3) is 0.393. The Kier molecular flexibility index (Phi) is 7.62. The van der Waals surface area contributed by atoms with Crippen LogP contribution in [0.5, 0.6) is 17.4 Å². The van der Waals surface area contributed by atoms with Crippen molar-refractivity contribution in [3.63, 3.8) is 0 Å². The Hall–Kier alpha value is -3.81. The van der Waals surface area contributed by atoms with Crippen molar-refractivity contribution in [2.45, 2.75) is 39.0 Å². The van der Waals surface area contributed by atoms with Gasteiger partial charge in [0.05, 0.1) is 14.2 Å². The number of hydrogen-bond acceptors (Lipinski definition) is 6. The zero-order chi connectivity index (χ0) is 25.8. The lowest BCUT2D eigenvalue weighted by atomic mass is 9.99. The number of aromatic nitrogens is 2. The van der Waals surface area contributed by atoms with Crippen LogP contribution in [-0.2, 0) is 6.42 Å². The molecule has 1 atom stereocenters. The number of benzene rings is 2. The van der Waals surface area contributed by atoms with Crippen molar-refractivity contribution >= 4 is 5.91 Å². The van der Waals surface area contributed by atoms with Crippen LogP contribution in [0.3, 0.4) is 0 Å². The van der Waals surface area contributed by atoms with Crippen molar-refractivity contribution in [2.75, 3.05) is 27.3 Å². The molecule has 1 N–H and O–H groups in total. The molecule has 0 radical (unpaired) electrons. The Morgan fingerprint density at radius 2 is 1.75 bits per heavy atom. The van der Waals surface area contributed by atoms with Gasteiger partial charge in [0.25, 0.3) is 11.5 Å². The van der Waals surface area contributed by atoms with Gasteiger partial charge >= 0.3 is 0 Å². The quantitative estimate of drug-likeness (QED) is 0.508. The molecule has 190 valence electrons. The molecular formula is C28H33N3O5. The number of aryl methyl sites for hydroxylation is 1. The summed E-state index contributed by atoms with van der Waals surface area (Å²) in [4.78, 5) is 32.6. The van der Waals surface area contributed by atoms with E-state index in [0.717, 1.165) is 18.4 Å². The van der Waals surface area contributed by atoms with Crippen LogP contribution < -0.4 is 15.0 Å².